The van der Waals surface area contributed by atoms with Gasteiger partial charge in [-0.25, -0.2) is 4.98 Å². The zero-order chi connectivity index (χ0) is 15.7. The van der Waals surface area contributed by atoms with Gasteiger partial charge in [-0.15, -0.1) is 11.3 Å². The lowest BCUT2D eigenvalue weighted by Crippen LogP contribution is -2.17. The maximum atomic E-state index is 4.33. The van der Waals surface area contributed by atoms with Crippen molar-refractivity contribution in [1.29, 1.82) is 0 Å². The third kappa shape index (κ3) is 4.85. The van der Waals surface area contributed by atoms with E-state index in [-0.39, 0.29) is 0 Å². The number of aryl methyl sites for hydroxylation is 1. The molecule has 0 atom stereocenters. The van der Waals surface area contributed by atoms with Gasteiger partial charge in [0.2, 0.25) is 0 Å². The van der Waals surface area contributed by atoms with Gasteiger partial charge in [-0.05, 0) is 37.5 Å². The first-order chi connectivity index (χ1) is 10.3. The Balaban J connectivity index is 0.000000510. The van der Waals surface area contributed by atoms with Gasteiger partial charge in [0.15, 0.2) is 0 Å². The predicted octanol–water partition coefficient (Wildman–Crippen LogP) is 5.77. The van der Waals surface area contributed by atoms with Crippen LogP contribution in [0.15, 0.2) is 30.5 Å². The molecule has 116 valence electrons. The van der Waals surface area contributed by atoms with Crippen molar-refractivity contribution in [3.8, 4) is 10.4 Å². The minimum absolute atomic E-state index is 1.13. The molecule has 3 heteroatoms. The fourth-order valence-corrected chi connectivity index (χ4v) is 3.10. The van der Waals surface area contributed by atoms with Crippen LogP contribution in [0.2, 0.25) is 0 Å². The molecule has 2 aromatic rings. The van der Waals surface area contributed by atoms with Gasteiger partial charge in [0.05, 0.1) is 9.88 Å². The Morgan fingerprint density at radius 1 is 1.05 bits per heavy atom. The molecule has 1 saturated heterocycles. The van der Waals surface area contributed by atoms with Crippen LogP contribution < -0.4 is 4.90 Å². The van der Waals surface area contributed by atoms with Gasteiger partial charge >= 0.3 is 0 Å². The highest BCUT2D eigenvalue weighted by Gasteiger charge is 2.13. The van der Waals surface area contributed by atoms with Crippen LogP contribution in [0, 0.1) is 6.92 Å². The third-order valence-corrected chi connectivity index (χ3v) is 4.18. The summed E-state index contributed by atoms with van der Waals surface area (Å²) in [5.74, 6) is 0. The molecule has 0 unspecified atom stereocenters. The maximum absolute atomic E-state index is 4.33. The first-order valence-corrected chi connectivity index (χ1v) is 8.92. The third-order valence-electron chi connectivity index (χ3n) is 3.22. The number of aromatic nitrogens is 1. The van der Waals surface area contributed by atoms with E-state index in [0.29, 0.717) is 0 Å². The molecule has 1 aromatic carbocycles. The van der Waals surface area contributed by atoms with Crippen LogP contribution in [-0.2, 0) is 0 Å². The lowest BCUT2D eigenvalue weighted by molar-refractivity contribution is 0.949. The minimum Gasteiger partial charge on any atom is -0.372 e. The van der Waals surface area contributed by atoms with Crippen LogP contribution in [-0.4, -0.2) is 18.1 Å². The maximum Gasteiger partial charge on any atom is 0.0900 e. The van der Waals surface area contributed by atoms with Gasteiger partial charge in [-0.1, -0.05) is 39.8 Å². The second kappa shape index (κ2) is 9.56. The average Bonchev–Trinajstić information content (AvgIpc) is 3.23. The lowest BCUT2D eigenvalue weighted by atomic mass is 10.1. The molecule has 1 fully saturated rings. The van der Waals surface area contributed by atoms with Crippen LogP contribution in [0.3, 0.4) is 0 Å². The normalized spacial score (nSPS) is 13.1. The van der Waals surface area contributed by atoms with E-state index in [2.05, 4.69) is 41.1 Å². The summed E-state index contributed by atoms with van der Waals surface area (Å²) in [5.41, 5.74) is 2.64. The van der Waals surface area contributed by atoms with Crippen LogP contribution in [0.1, 0.15) is 45.5 Å². The van der Waals surface area contributed by atoms with E-state index < -0.39 is 0 Å². The molecule has 0 saturated carbocycles. The Kier molecular flexibility index (Phi) is 8.06. The number of hydrogen-bond donors (Lipinski definition) is 0. The molecule has 1 aromatic heterocycles. The number of rotatable bonds is 2. The highest BCUT2D eigenvalue weighted by atomic mass is 32.1. The summed E-state index contributed by atoms with van der Waals surface area (Å²) in [7, 11) is 0. The summed E-state index contributed by atoms with van der Waals surface area (Å²) in [6.45, 7) is 12.5. The molecule has 0 bridgehead atoms. The highest BCUT2D eigenvalue weighted by molar-refractivity contribution is 7.15. The number of nitrogens with zero attached hydrogens (tertiary/aromatic N) is 2. The van der Waals surface area contributed by atoms with Gasteiger partial charge in [-0.2, -0.15) is 0 Å². The summed E-state index contributed by atoms with van der Waals surface area (Å²) >= 11 is 1.76. The molecule has 2 nitrogen and oxygen atoms in total. The number of benzene rings is 1. The second-order valence-corrected chi connectivity index (χ2v) is 5.72. The summed E-state index contributed by atoms with van der Waals surface area (Å²) in [6.07, 6.45) is 4.62. The Bertz CT molecular complexity index is 513. The fourth-order valence-electron chi connectivity index (χ4n) is 2.33. The fraction of sp³-hybridized carbons (Fsp3) is 0.500. The zero-order valence-electron chi connectivity index (χ0n) is 14.0. The van der Waals surface area contributed by atoms with Crippen molar-refractivity contribution < 1.29 is 0 Å². The van der Waals surface area contributed by atoms with Gasteiger partial charge in [0, 0.05) is 25.0 Å². The Morgan fingerprint density at radius 2 is 1.71 bits per heavy atom. The van der Waals surface area contributed by atoms with Crippen molar-refractivity contribution in [2.75, 3.05) is 18.0 Å². The quantitative estimate of drug-likeness (QED) is 0.700. The molecule has 21 heavy (non-hydrogen) atoms. The monoisotopic (exact) mass is 304 g/mol. The Morgan fingerprint density at radius 3 is 2.29 bits per heavy atom. The first-order valence-electron chi connectivity index (χ1n) is 8.11. The Labute approximate surface area is 133 Å². The summed E-state index contributed by atoms with van der Waals surface area (Å²) in [5, 5.41) is 1.13. The van der Waals surface area contributed by atoms with Crippen LogP contribution in [0.4, 0.5) is 5.69 Å². The lowest BCUT2D eigenvalue weighted by Gasteiger charge is -2.18. The topological polar surface area (TPSA) is 16.1 Å². The molecule has 0 aliphatic carbocycles. The van der Waals surface area contributed by atoms with Crippen molar-refractivity contribution in [3.63, 3.8) is 0 Å². The van der Waals surface area contributed by atoms with Crippen LogP contribution in [0.25, 0.3) is 10.4 Å². The van der Waals surface area contributed by atoms with E-state index in [1.807, 2.05) is 33.9 Å². The first kappa shape index (κ1) is 17.7. The Hall–Kier alpha value is -1.35. The van der Waals surface area contributed by atoms with Gasteiger partial charge < -0.3 is 4.90 Å². The van der Waals surface area contributed by atoms with Gasteiger partial charge in [0.25, 0.3) is 0 Å². The molecule has 1 aliphatic rings. The molecular weight excluding hydrogens is 276 g/mol. The highest BCUT2D eigenvalue weighted by Crippen LogP contribution is 2.30. The number of thiazole rings is 1. The van der Waals surface area contributed by atoms with Crippen molar-refractivity contribution in [3.05, 3.63) is 35.5 Å². The van der Waals surface area contributed by atoms with Crippen molar-refractivity contribution in [2.24, 2.45) is 0 Å². The summed E-state index contributed by atoms with van der Waals surface area (Å²) in [6, 6.07) is 8.82. The molecule has 0 N–H and O–H groups in total. The van der Waals surface area contributed by atoms with Crippen LogP contribution in [0.5, 0.6) is 0 Å². The van der Waals surface area contributed by atoms with E-state index in [0.717, 1.165) is 5.01 Å². The molecule has 0 radical (unpaired) electrons. The van der Waals surface area contributed by atoms with Crippen molar-refractivity contribution >= 4 is 17.0 Å². The van der Waals surface area contributed by atoms with Gasteiger partial charge in [0.1, 0.15) is 0 Å². The van der Waals surface area contributed by atoms with Crippen molar-refractivity contribution in [2.45, 2.75) is 47.5 Å². The van der Waals surface area contributed by atoms with Gasteiger partial charge in [-0.3, -0.25) is 0 Å². The standard InChI is InChI=1S/C14H16N2S.2C2H6/c1-11-15-10-14(17-11)12-5-4-6-13(9-12)16-7-2-3-8-16;2*1-2/h4-6,9-10H,2-3,7-8H2,1H3;2*1-2H3. The van der Waals surface area contributed by atoms with E-state index in [1.165, 1.54) is 42.1 Å². The summed E-state index contributed by atoms with van der Waals surface area (Å²) in [4.78, 5) is 8.06. The SMILES string of the molecule is CC.CC.Cc1ncc(-c2cccc(N3CCCC3)c2)s1. The van der Waals surface area contributed by atoms with E-state index in [1.54, 1.807) is 11.3 Å². The number of hydrogen-bond acceptors (Lipinski definition) is 3. The van der Waals surface area contributed by atoms with Crippen molar-refractivity contribution in [1.82, 2.24) is 4.98 Å². The zero-order valence-corrected chi connectivity index (χ0v) is 14.8. The molecule has 1 aliphatic heterocycles. The molecule has 0 spiro atoms. The largest absolute Gasteiger partial charge is 0.372 e. The minimum atomic E-state index is 1.13. The number of anilines is 1. The smallest absolute Gasteiger partial charge is 0.0900 e. The summed E-state index contributed by atoms with van der Waals surface area (Å²) < 4.78 is 0. The second-order valence-electron chi connectivity index (χ2n) is 4.49. The van der Waals surface area contributed by atoms with E-state index in [4.69, 9.17) is 0 Å². The molecular formula is C18H28N2S. The van der Waals surface area contributed by atoms with E-state index >= 15 is 0 Å². The average molecular weight is 305 g/mol. The van der Waals surface area contributed by atoms with E-state index in [9.17, 15) is 0 Å². The predicted molar refractivity (Wildman–Crippen MR) is 96.4 cm³/mol. The van der Waals surface area contributed by atoms with Crippen LogP contribution >= 0.6 is 11.3 Å². The molecule has 0 amide bonds. The molecule has 2 heterocycles. The molecule has 3 rings (SSSR count).